The molecule has 0 aliphatic carbocycles. The van der Waals surface area contributed by atoms with Crippen molar-refractivity contribution in [3.8, 4) is 20.9 Å². The van der Waals surface area contributed by atoms with Crippen molar-refractivity contribution < 1.29 is 0 Å². The van der Waals surface area contributed by atoms with Gasteiger partial charge in [-0.15, -0.1) is 45.9 Å². The molecule has 0 spiro atoms. The van der Waals surface area contributed by atoms with Crippen LogP contribution in [0.5, 0.6) is 0 Å². The van der Waals surface area contributed by atoms with Gasteiger partial charge in [-0.3, -0.25) is 0 Å². The highest BCUT2D eigenvalue weighted by Gasteiger charge is 2.15. The number of fused-ring (bicyclic) bond motifs is 1. The van der Waals surface area contributed by atoms with Crippen molar-refractivity contribution in [2.24, 2.45) is 0 Å². The van der Waals surface area contributed by atoms with E-state index in [1.54, 1.807) is 22.7 Å². The summed E-state index contributed by atoms with van der Waals surface area (Å²) >= 11 is 16.5. The number of benzene rings is 1. The van der Waals surface area contributed by atoms with Crippen molar-refractivity contribution in [1.82, 2.24) is 8.75 Å². The van der Waals surface area contributed by atoms with E-state index in [1.165, 1.54) is 21.5 Å². The fourth-order valence-corrected chi connectivity index (χ4v) is 5.30. The van der Waals surface area contributed by atoms with E-state index in [1.807, 2.05) is 0 Å². The van der Waals surface area contributed by atoms with E-state index < -0.39 is 0 Å². The topological polar surface area (TPSA) is 25.8 Å². The minimum absolute atomic E-state index is 0.539. The molecule has 2 nitrogen and oxygen atoms in total. The van der Waals surface area contributed by atoms with Gasteiger partial charge in [0.25, 0.3) is 0 Å². The van der Waals surface area contributed by atoms with Gasteiger partial charge in [0.15, 0.2) is 0 Å². The van der Waals surface area contributed by atoms with E-state index >= 15 is 0 Å². The Morgan fingerprint density at radius 1 is 0.696 bits per heavy atom. The first-order valence-corrected chi connectivity index (χ1v) is 10.3. The average Bonchev–Trinajstić information content (AvgIpc) is 3.32. The fraction of sp³-hybridized carbons (Fsp3) is 0.125. The van der Waals surface area contributed by atoms with Gasteiger partial charge in [0.1, 0.15) is 11.0 Å². The van der Waals surface area contributed by atoms with Crippen LogP contribution in [0, 0.1) is 0 Å². The Labute approximate surface area is 155 Å². The molecule has 3 aromatic heterocycles. The van der Waals surface area contributed by atoms with E-state index in [4.69, 9.17) is 23.2 Å². The fourth-order valence-electron chi connectivity index (χ4n) is 2.45. The van der Waals surface area contributed by atoms with E-state index in [9.17, 15) is 0 Å². The summed E-state index contributed by atoms with van der Waals surface area (Å²) in [6.45, 7) is 0. The predicted molar refractivity (Wildman–Crippen MR) is 103 cm³/mol. The van der Waals surface area contributed by atoms with Gasteiger partial charge in [-0.2, -0.15) is 8.75 Å². The van der Waals surface area contributed by atoms with Crippen LogP contribution < -0.4 is 0 Å². The molecule has 0 saturated heterocycles. The lowest BCUT2D eigenvalue weighted by molar-refractivity contribution is 1.53. The SMILES string of the molecule is ClCc1ccc(-c2ccc(-c3ccc(CCl)s3)c3nsnc23)s1. The van der Waals surface area contributed by atoms with Crippen molar-refractivity contribution >= 4 is 68.6 Å². The Hall–Kier alpha value is -0.980. The molecule has 116 valence electrons. The largest absolute Gasteiger partial charge is 0.172 e. The van der Waals surface area contributed by atoms with Gasteiger partial charge in [0, 0.05) is 30.6 Å². The van der Waals surface area contributed by atoms with Crippen LogP contribution in [-0.4, -0.2) is 8.75 Å². The van der Waals surface area contributed by atoms with Crippen LogP contribution in [0.25, 0.3) is 31.9 Å². The summed E-state index contributed by atoms with van der Waals surface area (Å²) in [7, 11) is 0. The van der Waals surface area contributed by atoms with Crippen LogP contribution in [0.4, 0.5) is 0 Å². The summed E-state index contributed by atoms with van der Waals surface area (Å²) in [4.78, 5) is 4.68. The molecule has 0 amide bonds. The van der Waals surface area contributed by atoms with Crippen LogP contribution in [-0.2, 0) is 11.8 Å². The zero-order valence-electron chi connectivity index (χ0n) is 11.8. The number of hydrogen-bond donors (Lipinski definition) is 0. The molecule has 1 aromatic carbocycles. The molecule has 3 heterocycles. The average molecular weight is 397 g/mol. The number of alkyl halides is 2. The van der Waals surface area contributed by atoms with Gasteiger partial charge in [0.2, 0.25) is 0 Å². The highest BCUT2D eigenvalue weighted by molar-refractivity contribution is 7.16. The van der Waals surface area contributed by atoms with E-state index in [2.05, 4.69) is 45.1 Å². The van der Waals surface area contributed by atoms with E-state index in [0.717, 1.165) is 31.9 Å². The second-order valence-electron chi connectivity index (χ2n) is 4.92. The van der Waals surface area contributed by atoms with Crippen LogP contribution in [0.15, 0.2) is 36.4 Å². The third kappa shape index (κ3) is 2.81. The second-order valence-corrected chi connectivity index (χ2v) is 8.32. The van der Waals surface area contributed by atoms with Crippen molar-refractivity contribution in [3.63, 3.8) is 0 Å². The normalized spacial score (nSPS) is 11.4. The molecular weight excluding hydrogens is 387 g/mol. The molecule has 0 saturated carbocycles. The lowest BCUT2D eigenvalue weighted by Gasteiger charge is -2.03. The number of rotatable bonds is 4. The molecular formula is C16H10Cl2N2S3. The summed E-state index contributed by atoms with van der Waals surface area (Å²) in [5, 5.41) is 0. The third-order valence-electron chi connectivity index (χ3n) is 3.53. The maximum absolute atomic E-state index is 5.92. The molecule has 23 heavy (non-hydrogen) atoms. The van der Waals surface area contributed by atoms with Crippen molar-refractivity contribution in [2.45, 2.75) is 11.8 Å². The standard InChI is InChI=1S/C16H10Cl2N2S3/c17-7-9-1-5-13(21-9)11-3-4-12(16-15(11)19-23-20-16)14-6-2-10(8-18)22-14/h1-6H,7-8H2. The predicted octanol–water partition coefficient (Wildman–Crippen LogP) is 6.63. The summed E-state index contributed by atoms with van der Waals surface area (Å²) in [5.41, 5.74) is 4.15. The Kier molecular flexibility index (Phi) is 4.39. The van der Waals surface area contributed by atoms with Crippen LogP contribution in [0.2, 0.25) is 0 Å². The van der Waals surface area contributed by atoms with Crippen LogP contribution in [0.3, 0.4) is 0 Å². The number of nitrogens with zero attached hydrogens (tertiary/aromatic N) is 2. The minimum Gasteiger partial charge on any atom is -0.172 e. The smallest absolute Gasteiger partial charge is 0.114 e. The number of aromatic nitrogens is 2. The van der Waals surface area contributed by atoms with Gasteiger partial charge in [0.05, 0.1) is 23.5 Å². The van der Waals surface area contributed by atoms with Gasteiger partial charge in [-0.1, -0.05) is 12.1 Å². The molecule has 4 aromatic rings. The molecule has 0 aliphatic heterocycles. The lowest BCUT2D eigenvalue weighted by atomic mass is 10.1. The number of hydrogen-bond acceptors (Lipinski definition) is 5. The summed E-state index contributed by atoms with van der Waals surface area (Å²) in [6.07, 6.45) is 0. The first-order valence-electron chi connectivity index (χ1n) is 6.85. The summed E-state index contributed by atoms with van der Waals surface area (Å²) in [5.74, 6) is 1.08. The maximum Gasteiger partial charge on any atom is 0.114 e. The molecule has 7 heteroatoms. The quantitative estimate of drug-likeness (QED) is 0.361. The highest BCUT2D eigenvalue weighted by Crippen LogP contribution is 2.39. The Balaban J connectivity index is 1.87. The summed E-state index contributed by atoms with van der Waals surface area (Å²) < 4.78 is 9.05. The molecule has 0 atom stereocenters. The first-order chi connectivity index (χ1) is 11.3. The molecule has 0 bridgehead atoms. The molecule has 0 N–H and O–H groups in total. The van der Waals surface area contributed by atoms with Gasteiger partial charge >= 0.3 is 0 Å². The number of halogens is 2. The van der Waals surface area contributed by atoms with Gasteiger partial charge in [-0.05, 0) is 24.3 Å². The molecule has 4 rings (SSSR count). The first kappa shape index (κ1) is 15.5. The second kappa shape index (κ2) is 6.49. The van der Waals surface area contributed by atoms with E-state index in [-0.39, 0.29) is 0 Å². The molecule has 0 fully saturated rings. The molecule has 0 radical (unpaired) electrons. The van der Waals surface area contributed by atoms with Crippen LogP contribution >= 0.6 is 57.6 Å². The Bertz CT molecular complexity index is 894. The third-order valence-corrected chi connectivity index (χ3v) is 7.19. The summed E-state index contributed by atoms with van der Waals surface area (Å²) in [6, 6.07) is 12.6. The highest BCUT2D eigenvalue weighted by atomic mass is 35.5. The minimum atomic E-state index is 0.539. The van der Waals surface area contributed by atoms with Crippen LogP contribution in [0.1, 0.15) is 9.75 Å². The number of thiophene rings is 2. The maximum atomic E-state index is 5.92. The monoisotopic (exact) mass is 396 g/mol. The molecule has 0 unspecified atom stereocenters. The molecule has 0 aliphatic rings. The Morgan fingerprint density at radius 3 is 1.57 bits per heavy atom. The Morgan fingerprint density at radius 2 is 1.17 bits per heavy atom. The zero-order valence-corrected chi connectivity index (χ0v) is 15.7. The van der Waals surface area contributed by atoms with Crippen molar-refractivity contribution in [1.29, 1.82) is 0 Å². The lowest BCUT2D eigenvalue weighted by Crippen LogP contribution is -1.81. The van der Waals surface area contributed by atoms with Gasteiger partial charge in [-0.25, -0.2) is 0 Å². The van der Waals surface area contributed by atoms with Crippen molar-refractivity contribution in [3.05, 3.63) is 46.2 Å². The zero-order chi connectivity index (χ0) is 15.8. The van der Waals surface area contributed by atoms with Crippen molar-refractivity contribution in [2.75, 3.05) is 0 Å². The van der Waals surface area contributed by atoms with E-state index in [0.29, 0.717) is 11.8 Å². The van der Waals surface area contributed by atoms with Gasteiger partial charge < -0.3 is 0 Å².